The third kappa shape index (κ3) is 7.82. The molecule has 7 atom stereocenters. The van der Waals surface area contributed by atoms with Crippen molar-refractivity contribution in [1.29, 1.82) is 0 Å². The van der Waals surface area contributed by atoms with Crippen molar-refractivity contribution in [2.24, 2.45) is 17.8 Å². The van der Waals surface area contributed by atoms with Crippen LogP contribution < -0.4 is 18.9 Å². The lowest BCUT2D eigenvalue weighted by molar-refractivity contribution is -0.171. The van der Waals surface area contributed by atoms with Crippen LogP contribution in [0.25, 0.3) is 0 Å². The lowest BCUT2D eigenvalue weighted by atomic mass is 9.72. The number of rotatable bonds is 14. The van der Waals surface area contributed by atoms with Crippen molar-refractivity contribution in [1.82, 2.24) is 9.80 Å². The summed E-state index contributed by atoms with van der Waals surface area (Å²) in [5.41, 5.74) is 6.08. The minimum Gasteiger partial charge on any atom is -0.493 e. The standard InChI is InChI=1S/C44H58N2O8S/c1-7-27-25-45-14-11-28-20-38(49-3)40(51-5)23-34(28)36(45)18-31(27)19-37-35-24-41(52-6)39(50-4)21-29(35)12-15-46(37)43(48)42-22-33(30-13-17-55-26-30)32(10-9-16-47)44(54-42)53-8-2/h13,17,20-24,26-27,31-33,36-37,44,47H,7-12,14-16,18-19,25H2,1-6H3/t27-,31+,32+,33+,36-,37+,44+/m0/s1. The van der Waals surface area contributed by atoms with Gasteiger partial charge in [0.25, 0.3) is 5.91 Å². The van der Waals surface area contributed by atoms with Gasteiger partial charge in [-0.3, -0.25) is 9.69 Å². The molecule has 1 saturated heterocycles. The molecule has 55 heavy (non-hydrogen) atoms. The molecule has 0 saturated carbocycles. The lowest BCUT2D eigenvalue weighted by Crippen LogP contribution is -2.48. The van der Waals surface area contributed by atoms with Gasteiger partial charge in [-0.15, -0.1) is 0 Å². The third-order valence-corrected chi connectivity index (χ3v) is 13.3. The zero-order valence-corrected chi connectivity index (χ0v) is 34.1. The van der Waals surface area contributed by atoms with Gasteiger partial charge >= 0.3 is 0 Å². The minimum absolute atomic E-state index is 0.0275. The Morgan fingerprint density at radius 1 is 0.909 bits per heavy atom. The van der Waals surface area contributed by atoms with E-state index >= 15 is 4.79 Å². The summed E-state index contributed by atoms with van der Waals surface area (Å²) >= 11 is 1.65. The van der Waals surface area contributed by atoms with E-state index in [4.69, 9.17) is 28.4 Å². The van der Waals surface area contributed by atoms with Gasteiger partial charge in [0.05, 0.1) is 34.5 Å². The first kappa shape index (κ1) is 39.5. The Morgan fingerprint density at radius 2 is 1.58 bits per heavy atom. The molecule has 298 valence electrons. The number of benzene rings is 2. The number of amides is 1. The molecule has 0 radical (unpaired) electrons. The van der Waals surface area contributed by atoms with Crippen LogP contribution in [-0.2, 0) is 27.1 Å². The quantitative estimate of drug-likeness (QED) is 0.177. The van der Waals surface area contributed by atoms with E-state index in [0.29, 0.717) is 55.1 Å². The van der Waals surface area contributed by atoms with Gasteiger partial charge in [-0.05, 0) is 132 Å². The number of carbonyl (C=O) groups is 1. The minimum atomic E-state index is -0.596. The number of carbonyl (C=O) groups excluding carboxylic acids is 1. The Kier molecular flexibility index (Phi) is 12.6. The molecule has 7 rings (SSSR count). The third-order valence-electron chi connectivity index (χ3n) is 12.6. The van der Waals surface area contributed by atoms with E-state index in [1.54, 1.807) is 39.8 Å². The Hall–Kier alpha value is -3.77. The molecule has 1 N–H and O–H groups in total. The van der Waals surface area contributed by atoms with E-state index in [2.05, 4.69) is 57.8 Å². The van der Waals surface area contributed by atoms with Gasteiger partial charge < -0.3 is 38.4 Å². The second kappa shape index (κ2) is 17.6. The number of ether oxygens (including phenoxy) is 6. The van der Waals surface area contributed by atoms with Crippen molar-refractivity contribution in [2.75, 3.05) is 61.3 Å². The molecule has 5 heterocycles. The summed E-state index contributed by atoms with van der Waals surface area (Å²) in [6, 6.07) is 10.7. The van der Waals surface area contributed by atoms with E-state index in [1.807, 2.05) is 13.0 Å². The molecule has 0 spiro atoms. The number of aliphatic hydroxyl groups excluding tert-OH is 1. The molecule has 1 aromatic heterocycles. The molecule has 3 aromatic rings. The number of thiophene rings is 1. The van der Waals surface area contributed by atoms with Gasteiger partial charge in [-0.25, -0.2) is 0 Å². The summed E-state index contributed by atoms with van der Waals surface area (Å²) < 4.78 is 35.9. The molecule has 0 unspecified atom stereocenters. The van der Waals surface area contributed by atoms with Crippen LogP contribution in [-0.4, -0.2) is 88.4 Å². The van der Waals surface area contributed by atoms with Crippen LogP contribution in [0.1, 0.15) is 91.8 Å². The molecule has 0 aliphatic carbocycles. The molecule has 4 aliphatic rings. The van der Waals surface area contributed by atoms with Gasteiger partial charge in [0.1, 0.15) is 0 Å². The van der Waals surface area contributed by atoms with Crippen LogP contribution in [0.5, 0.6) is 23.0 Å². The van der Waals surface area contributed by atoms with E-state index in [0.717, 1.165) is 67.8 Å². The van der Waals surface area contributed by atoms with E-state index in [1.165, 1.54) is 16.7 Å². The van der Waals surface area contributed by atoms with E-state index in [9.17, 15) is 5.11 Å². The van der Waals surface area contributed by atoms with Gasteiger partial charge in [0, 0.05) is 50.7 Å². The van der Waals surface area contributed by atoms with Crippen molar-refractivity contribution in [2.45, 2.75) is 83.1 Å². The molecule has 1 fully saturated rings. The molecule has 4 aliphatic heterocycles. The predicted octanol–water partition coefficient (Wildman–Crippen LogP) is 7.69. The molecule has 11 heteroatoms. The lowest BCUT2D eigenvalue weighted by Gasteiger charge is -2.49. The van der Waals surface area contributed by atoms with Crippen molar-refractivity contribution < 1.29 is 38.3 Å². The van der Waals surface area contributed by atoms with Crippen molar-refractivity contribution in [3.63, 3.8) is 0 Å². The highest BCUT2D eigenvalue weighted by Crippen LogP contribution is 2.50. The summed E-state index contributed by atoms with van der Waals surface area (Å²) in [4.78, 5) is 19.8. The highest BCUT2D eigenvalue weighted by Gasteiger charge is 2.44. The number of nitrogens with zero attached hydrogens (tertiary/aromatic N) is 2. The first-order valence-corrected chi connectivity index (χ1v) is 21.0. The van der Waals surface area contributed by atoms with Gasteiger partial charge in [-0.1, -0.05) is 13.3 Å². The second-order valence-electron chi connectivity index (χ2n) is 15.3. The summed E-state index contributed by atoms with van der Waals surface area (Å²) in [7, 11) is 6.75. The average molecular weight is 775 g/mol. The molecule has 2 aromatic carbocycles. The number of hydrogen-bond acceptors (Lipinski definition) is 10. The van der Waals surface area contributed by atoms with Crippen molar-refractivity contribution >= 4 is 17.2 Å². The van der Waals surface area contributed by atoms with Gasteiger partial charge in [0.15, 0.2) is 28.8 Å². The molecular weight excluding hydrogens is 717 g/mol. The molecule has 1 amide bonds. The van der Waals surface area contributed by atoms with Crippen LogP contribution in [0.15, 0.2) is 52.9 Å². The number of hydrogen-bond donors (Lipinski definition) is 1. The smallest absolute Gasteiger partial charge is 0.289 e. The maximum absolute atomic E-state index is 15.1. The number of aliphatic hydroxyl groups is 1. The molecule has 10 nitrogen and oxygen atoms in total. The Labute approximate surface area is 330 Å². The maximum Gasteiger partial charge on any atom is 0.289 e. The van der Waals surface area contributed by atoms with Gasteiger partial charge in [0.2, 0.25) is 6.29 Å². The highest BCUT2D eigenvalue weighted by atomic mass is 32.1. The van der Waals surface area contributed by atoms with Gasteiger partial charge in [-0.2, -0.15) is 11.3 Å². The number of allylic oxidation sites excluding steroid dienone is 1. The number of fused-ring (bicyclic) bond motifs is 4. The number of methoxy groups -OCH3 is 4. The van der Waals surface area contributed by atoms with Crippen molar-refractivity contribution in [3.8, 4) is 23.0 Å². The SMILES string of the molecule is CCO[C@@H]1OC(C(=O)N2CCc3cc(OC)c(OC)cc3[C@H]2C[C@H]2C[C@H]3c4cc(OC)c(OC)cc4CCN3C[C@@H]2CC)=C[C@H](c2ccsc2)[C@H]1CCCO. The summed E-state index contributed by atoms with van der Waals surface area (Å²) in [6.45, 7) is 7.40. The highest BCUT2D eigenvalue weighted by molar-refractivity contribution is 7.08. The van der Waals surface area contributed by atoms with Crippen LogP contribution in [0.3, 0.4) is 0 Å². The Bertz CT molecular complexity index is 1810. The molecular formula is C44H58N2O8S. The molecule has 0 bridgehead atoms. The first-order valence-electron chi connectivity index (χ1n) is 20.0. The first-order chi connectivity index (χ1) is 26.8. The van der Waals surface area contributed by atoms with E-state index in [-0.39, 0.29) is 36.4 Å². The summed E-state index contributed by atoms with van der Waals surface area (Å²) in [6.07, 6.45) is 7.33. The fraction of sp³-hybridized carbons (Fsp3) is 0.568. The zero-order valence-electron chi connectivity index (χ0n) is 33.3. The number of piperidine rings is 1. The summed E-state index contributed by atoms with van der Waals surface area (Å²) in [5.74, 6) is 3.87. The van der Waals surface area contributed by atoms with Crippen LogP contribution in [0.4, 0.5) is 0 Å². The fourth-order valence-electron chi connectivity index (χ4n) is 9.81. The van der Waals surface area contributed by atoms with Crippen LogP contribution >= 0.6 is 11.3 Å². The van der Waals surface area contributed by atoms with Crippen LogP contribution in [0.2, 0.25) is 0 Å². The maximum atomic E-state index is 15.1. The normalized spacial score (nSPS) is 26.2. The topological polar surface area (TPSA) is 99.2 Å². The fourth-order valence-corrected chi connectivity index (χ4v) is 10.5. The Balaban J connectivity index is 1.26. The monoisotopic (exact) mass is 774 g/mol. The average Bonchev–Trinajstić information content (AvgIpc) is 3.76. The van der Waals surface area contributed by atoms with Crippen LogP contribution in [0, 0.1) is 17.8 Å². The largest absolute Gasteiger partial charge is 0.493 e. The zero-order chi connectivity index (χ0) is 38.6. The second-order valence-corrected chi connectivity index (χ2v) is 16.1. The van der Waals surface area contributed by atoms with Crippen molar-refractivity contribution in [3.05, 3.63) is 80.7 Å². The predicted molar refractivity (Wildman–Crippen MR) is 213 cm³/mol. The summed E-state index contributed by atoms with van der Waals surface area (Å²) in [5, 5.41) is 14.0. The Morgan fingerprint density at radius 3 is 2.22 bits per heavy atom. The van der Waals surface area contributed by atoms with E-state index < -0.39 is 6.29 Å².